The van der Waals surface area contributed by atoms with Crippen molar-refractivity contribution in [3.05, 3.63) is 64.7 Å². The van der Waals surface area contributed by atoms with Crippen LogP contribution in [0.2, 0.25) is 0 Å². The van der Waals surface area contributed by atoms with E-state index in [9.17, 15) is 10.1 Å². The first-order chi connectivity index (χ1) is 8.75. The van der Waals surface area contributed by atoms with Gasteiger partial charge in [0.2, 0.25) is 0 Å². The Hall–Kier alpha value is -2.62. The van der Waals surface area contributed by atoms with Gasteiger partial charge in [-0.2, -0.15) is 0 Å². The Morgan fingerprint density at radius 3 is 2.50 bits per heavy atom. The summed E-state index contributed by atoms with van der Waals surface area (Å²) >= 11 is 0. The molecule has 0 bridgehead atoms. The third kappa shape index (κ3) is 1.64. The molecule has 4 nitrogen and oxygen atoms in total. The van der Waals surface area contributed by atoms with Gasteiger partial charge in [-0.25, -0.2) is 0 Å². The average Bonchev–Trinajstić information content (AvgIpc) is 2.82. The first-order valence-corrected chi connectivity index (χ1v) is 5.48. The standard InChI is InChI=1S/C14H9NO3/c16-15(17)12-7-3-2-6-11(12)14-9-10-5-1-4-8-13(10)18-14/h1-9H. The molecule has 88 valence electrons. The second-order valence-corrected chi connectivity index (χ2v) is 3.92. The molecular formula is C14H9NO3. The van der Waals surface area contributed by atoms with E-state index in [1.54, 1.807) is 18.2 Å². The molecule has 0 amide bonds. The lowest BCUT2D eigenvalue weighted by atomic mass is 10.1. The van der Waals surface area contributed by atoms with Crippen molar-refractivity contribution in [1.82, 2.24) is 0 Å². The van der Waals surface area contributed by atoms with E-state index in [0.29, 0.717) is 11.3 Å². The zero-order valence-corrected chi connectivity index (χ0v) is 9.37. The number of hydrogen-bond acceptors (Lipinski definition) is 3. The lowest BCUT2D eigenvalue weighted by molar-refractivity contribution is -0.384. The summed E-state index contributed by atoms with van der Waals surface area (Å²) in [6, 6.07) is 15.9. The Balaban J connectivity index is 2.23. The summed E-state index contributed by atoms with van der Waals surface area (Å²) in [5, 5.41) is 11.9. The van der Waals surface area contributed by atoms with Crippen molar-refractivity contribution in [2.75, 3.05) is 0 Å². The fourth-order valence-corrected chi connectivity index (χ4v) is 1.96. The summed E-state index contributed by atoms with van der Waals surface area (Å²) in [4.78, 5) is 10.6. The maximum absolute atomic E-state index is 11.0. The van der Waals surface area contributed by atoms with E-state index in [2.05, 4.69) is 0 Å². The fourth-order valence-electron chi connectivity index (χ4n) is 1.96. The Morgan fingerprint density at radius 2 is 1.72 bits per heavy atom. The molecular weight excluding hydrogens is 230 g/mol. The van der Waals surface area contributed by atoms with Crippen LogP contribution in [0.1, 0.15) is 0 Å². The Bertz CT molecular complexity index is 697. The van der Waals surface area contributed by atoms with Gasteiger partial charge in [-0.05, 0) is 18.2 Å². The van der Waals surface area contributed by atoms with E-state index >= 15 is 0 Å². The van der Waals surface area contributed by atoms with Gasteiger partial charge in [0.05, 0.1) is 10.5 Å². The molecule has 0 aliphatic rings. The molecule has 1 heterocycles. The third-order valence-electron chi connectivity index (χ3n) is 2.79. The topological polar surface area (TPSA) is 56.3 Å². The maximum atomic E-state index is 11.0. The molecule has 0 atom stereocenters. The number of benzene rings is 2. The molecule has 3 aromatic rings. The molecule has 0 aliphatic heterocycles. The largest absolute Gasteiger partial charge is 0.456 e. The van der Waals surface area contributed by atoms with E-state index in [1.807, 2.05) is 30.3 Å². The number of nitro benzene ring substituents is 1. The molecule has 0 N–H and O–H groups in total. The minimum Gasteiger partial charge on any atom is -0.456 e. The summed E-state index contributed by atoms with van der Waals surface area (Å²) in [5.41, 5.74) is 1.28. The van der Waals surface area contributed by atoms with Gasteiger partial charge in [0.25, 0.3) is 5.69 Å². The van der Waals surface area contributed by atoms with Crippen LogP contribution in [0.25, 0.3) is 22.3 Å². The smallest absolute Gasteiger partial charge is 0.280 e. The Kier molecular flexibility index (Phi) is 2.34. The summed E-state index contributed by atoms with van der Waals surface area (Å²) in [6.07, 6.45) is 0. The van der Waals surface area contributed by atoms with Crippen molar-refractivity contribution >= 4 is 16.7 Å². The maximum Gasteiger partial charge on any atom is 0.280 e. The SMILES string of the molecule is O=[N+]([O-])c1ccccc1-c1cc2ccccc2o1. The van der Waals surface area contributed by atoms with E-state index in [0.717, 1.165) is 11.0 Å². The van der Waals surface area contributed by atoms with Gasteiger partial charge >= 0.3 is 0 Å². The predicted molar refractivity (Wildman–Crippen MR) is 68.3 cm³/mol. The highest BCUT2D eigenvalue weighted by Crippen LogP contribution is 2.33. The molecule has 0 spiro atoms. The fraction of sp³-hybridized carbons (Fsp3) is 0. The molecule has 0 radical (unpaired) electrons. The number of nitrogens with zero attached hydrogens (tertiary/aromatic N) is 1. The van der Waals surface area contributed by atoms with Crippen LogP contribution in [-0.2, 0) is 0 Å². The van der Waals surface area contributed by atoms with Gasteiger partial charge in [-0.1, -0.05) is 30.3 Å². The number of para-hydroxylation sites is 2. The first kappa shape index (κ1) is 10.5. The molecule has 0 saturated carbocycles. The third-order valence-corrected chi connectivity index (χ3v) is 2.79. The van der Waals surface area contributed by atoms with Crippen molar-refractivity contribution in [3.63, 3.8) is 0 Å². The van der Waals surface area contributed by atoms with E-state index in [4.69, 9.17) is 4.42 Å². The zero-order chi connectivity index (χ0) is 12.5. The number of rotatable bonds is 2. The van der Waals surface area contributed by atoms with E-state index < -0.39 is 4.92 Å². The molecule has 18 heavy (non-hydrogen) atoms. The molecule has 3 rings (SSSR count). The zero-order valence-electron chi connectivity index (χ0n) is 9.37. The van der Waals surface area contributed by atoms with Crippen LogP contribution >= 0.6 is 0 Å². The molecule has 2 aromatic carbocycles. The van der Waals surface area contributed by atoms with Crippen LogP contribution in [0.4, 0.5) is 5.69 Å². The summed E-state index contributed by atoms with van der Waals surface area (Å²) in [5.74, 6) is 0.517. The van der Waals surface area contributed by atoms with Crippen LogP contribution in [0.15, 0.2) is 59.0 Å². The molecule has 0 saturated heterocycles. The van der Waals surface area contributed by atoms with Crippen molar-refractivity contribution in [3.8, 4) is 11.3 Å². The predicted octanol–water partition coefficient (Wildman–Crippen LogP) is 4.01. The van der Waals surface area contributed by atoms with Crippen molar-refractivity contribution in [1.29, 1.82) is 0 Å². The molecule has 0 aliphatic carbocycles. The quantitative estimate of drug-likeness (QED) is 0.501. The Morgan fingerprint density at radius 1 is 1.00 bits per heavy atom. The number of hydrogen-bond donors (Lipinski definition) is 0. The molecule has 0 unspecified atom stereocenters. The minimum atomic E-state index is -0.400. The van der Waals surface area contributed by atoms with Crippen LogP contribution in [0, 0.1) is 10.1 Å². The molecule has 1 aromatic heterocycles. The van der Waals surface area contributed by atoms with Gasteiger partial charge in [0, 0.05) is 11.5 Å². The highest BCUT2D eigenvalue weighted by Gasteiger charge is 2.17. The number of nitro groups is 1. The van der Waals surface area contributed by atoms with E-state index in [-0.39, 0.29) is 5.69 Å². The molecule has 0 fully saturated rings. The van der Waals surface area contributed by atoms with Crippen molar-refractivity contribution in [2.24, 2.45) is 0 Å². The molecule has 4 heteroatoms. The van der Waals surface area contributed by atoms with Crippen LogP contribution in [0.5, 0.6) is 0 Å². The summed E-state index contributed by atoms with van der Waals surface area (Å²) in [7, 11) is 0. The number of fused-ring (bicyclic) bond motifs is 1. The Labute approximate surface area is 103 Å². The van der Waals surface area contributed by atoms with Crippen LogP contribution < -0.4 is 0 Å². The lowest BCUT2D eigenvalue weighted by Crippen LogP contribution is -1.90. The van der Waals surface area contributed by atoms with Gasteiger partial charge in [0.1, 0.15) is 11.3 Å². The van der Waals surface area contributed by atoms with Gasteiger partial charge in [0.15, 0.2) is 0 Å². The summed E-state index contributed by atoms with van der Waals surface area (Å²) < 4.78 is 5.64. The number of furan rings is 1. The minimum absolute atomic E-state index is 0.0524. The van der Waals surface area contributed by atoms with Gasteiger partial charge in [-0.15, -0.1) is 0 Å². The van der Waals surface area contributed by atoms with Crippen LogP contribution in [-0.4, -0.2) is 4.92 Å². The lowest BCUT2D eigenvalue weighted by Gasteiger charge is -1.98. The summed E-state index contributed by atoms with van der Waals surface area (Å²) in [6.45, 7) is 0. The van der Waals surface area contributed by atoms with Crippen LogP contribution in [0.3, 0.4) is 0 Å². The van der Waals surface area contributed by atoms with Gasteiger partial charge < -0.3 is 4.42 Å². The van der Waals surface area contributed by atoms with Crippen molar-refractivity contribution in [2.45, 2.75) is 0 Å². The van der Waals surface area contributed by atoms with E-state index in [1.165, 1.54) is 6.07 Å². The second kappa shape index (κ2) is 4.00. The normalized spacial score (nSPS) is 10.7. The highest BCUT2D eigenvalue weighted by molar-refractivity contribution is 5.84. The monoisotopic (exact) mass is 239 g/mol. The van der Waals surface area contributed by atoms with Crippen molar-refractivity contribution < 1.29 is 9.34 Å². The average molecular weight is 239 g/mol. The first-order valence-electron chi connectivity index (χ1n) is 5.48. The highest BCUT2D eigenvalue weighted by atomic mass is 16.6. The second-order valence-electron chi connectivity index (χ2n) is 3.92. The van der Waals surface area contributed by atoms with Gasteiger partial charge in [-0.3, -0.25) is 10.1 Å².